The second-order valence-electron chi connectivity index (χ2n) is 7.48. The number of amides is 1. The third-order valence-electron chi connectivity index (χ3n) is 4.80. The highest BCUT2D eigenvalue weighted by atomic mass is 16.1. The lowest BCUT2D eigenvalue weighted by Gasteiger charge is -2.13. The summed E-state index contributed by atoms with van der Waals surface area (Å²) in [5, 5.41) is 7.64. The van der Waals surface area contributed by atoms with Gasteiger partial charge in [0.25, 0.3) is 5.95 Å². The van der Waals surface area contributed by atoms with Crippen LogP contribution in [0, 0.1) is 27.7 Å². The van der Waals surface area contributed by atoms with Crippen molar-refractivity contribution in [3.8, 4) is 5.95 Å². The molecule has 0 saturated carbocycles. The van der Waals surface area contributed by atoms with Crippen molar-refractivity contribution in [3.05, 3.63) is 64.2 Å². The zero-order valence-electron chi connectivity index (χ0n) is 17.4. The molecule has 2 heterocycles. The molecule has 6 heteroatoms. The van der Waals surface area contributed by atoms with E-state index in [0.29, 0.717) is 11.9 Å². The number of carbonyl (C=O) groups excluding carboxylic acids is 1. The Morgan fingerprint density at radius 3 is 2.36 bits per heavy atom. The van der Waals surface area contributed by atoms with Crippen LogP contribution in [0.3, 0.4) is 0 Å². The van der Waals surface area contributed by atoms with Gasteiger partial charge in [-0.1, -0.05) is 32.0 Å². The van der Waals surface area contributed by atoms with Crippen LogP contribution in [-0.2, 0) is 11.2 Å². The molecule has 0 unspecified atom stereocenters. The maximum absolute atomic E-state index is 12.7. The van der Waals surface area contributed by atoms with E-state index in [2.05, 4.69) is 34.2 Å². The van der Waals surface area contributed by atoms with Crippen molar-refractivity contribution in [3.63, 3.8) is 0 Å². The topological polar surface area (TPSA) is 72.7 Å². The van der Waals surface area contributed by atoms with Crippen molar-refractivity contribution in [1.82, 2.24) is 19.7 Å². The molecule has 0 bridgehead atoms. The Bertz CT molecular complexity index is 1000. The maximum Gasteiger partial charge on any atom is 0.251 e. The predicted octanol–water partition coefficient (Wildman–Crippen LogP) is 4.20. The van der Waals surface area contributed by atoms with E-state index in [1.807, 2.05) is 58.0 Å². The van der Waals surface area contributed by atoms with Gasteiger partial charge < -0.3 is 5.32 Å². The van der Waals surface area contributed by atoms with Crippen LogP contribution in [0.15, 0.2) is 30.3 Å². The number of rotatable bonds is 5. The van der Waals surface area contributed by atoms with Crippen molar-refractivity contribution in [1.29, 1.82) is 0 Å². The number of hydrogen-bond donors (Lipinski definition) is 1. The van der Waals surface area contributed by atoms with Crippen LogP contribution in [0.2, 0.25) is 0 Å². The minimum absolute atomic E-state index is 0.0554. The average molecular weight is 377 g/mol. The summed E-state index contributed by atoms with van der Waals surface area (Å²) in [5.74, 6) is 0.819. The second-order valence-corrected chi connectivity index (χ2v) is 7.48. The first kappa shape index (κ1) is 19.7. The number of para-hydroxylation sites is 1. The zero-order valence-corrected chi connectivity index (χ0v) is 17.4. The van der Waals surface area contributed by atoms with Crippen LogP contribution in [0.1, 0.15) is 53.7 Å². The van der Waals surface area contributed by atoms with E-state index in [1.54, 1.807) is 4.68 Å². The van der Waals surface area contributed by atoms with Gasteiger partial charge in [-0.3, -0.25) is 4.79 Å². The standard InChI is InChI=1S/C22H27N5O/c1-13(2)18-9-7-8-10-20(18)25-21(28)12-19-16(5)26-27(17(19)6)22-23-14(3)11-15(4)24-22/h7-11,13H,12H2,1-6H3,(H,25,28). The van der Waals surface area contributed by atoms with E-state index in [-0.39, 0.29) is 12.3 Å². The number of nitrogens with one attached hydrogen (secondary N) is 1. The fourth-order valence-corrected chi connectivity index (χ4v) is 3.40. The Morgan fingerprint density at radius 2 is 1.71 bits per heavy atom. The minimum atomic E-state index is -0.0554. The lowest BCUT2D eigenvalue weighted by molar-refractivity contribution is -0.115. The summed E-state index contributed by atoms with van der Waals surface area (Å²) in [6, 6.07) is 9.85. The summed E-state index contributed by atoms with van der Waals surface area (Å²) in [5.41, 5.74) is 6.37. The first-order chi connectivity index (χ1) is 13.3. The summed E-state index contributed by atoms with van der Waals surface area (Å²) >= 11 is 0. The van der Waals surface area contributed by atoms with Gasteiger partial charge in [0.05, 0.1) is 12.1 Å². The van der Waals surface area contributed by atoms with Crippen molar-refractivity contribution >= 4 is 11.6 Å². The number of carbonyl (C=O) groups is 1. The van der Waals surface area contributed by atoms with Gasteiger partial charge in [-0.15, -0.1) is 0 Å². The van der Waals surface area contributed by atoms with E-state index in [4.69, 9.17) is 0 Å². The molecule has 146 valence electrons. The predicted molar refractivity (Wildman–Crippen MR) is 111 cm³/mol. The van der Waals surface area contributed by atoms with Crippen LogP contribution >= 0.6 is 0 Å². The molecular weight excluding hydrogens is 350 g/mol. The highest BCUT2D eigenvalue weighted by molar-refractivity contribution is 5.93. The molecule has 0 aliphatic heterocycles. The Morgan fingerprint density at radius 1 is 1.07 bits per heavy atom. The van der Waals surface area contributed by atoms with Crippen LogP contribution < -0.4 is 5.32 Å². The zero-order chi connectivity index (χ0) is 20.4. The molecule has 1 aromatic carbocycles. The summed E-state index contributed by atoms with van der Waals surface area (Å²) in [6.07, 6.45) is 0.259. The Hall–Kier alpha value is -3.02. The lowest BCUT2D eigenvalue weighted by atomic mass is 10.0. The Labute approximate surface area is 166 Å². The molecular formula is C22H27N5O. The lowest BCUT2D eigenvalue weighted by Crippen LogP contribution is -2.17. The number of nitrogens with zero attached hydrogens (tertiary/aromatic N) is 4. The van der Waals surface area contributed by atoms with Crippen molar-refractivity contribution in [2.24, 2.45) is 0 Å². The highest BCUT2D eigenvalue weighted by Gasteiger charge is 2.18. The van der Waals surface area contributed by atoms with E-state index >= 15 is 0 Å². The maximum atomic E-state index is 12.7. The third-order valence-corrected chi connectivity index (χ3v) is 4.80. The van der Waals surface area contributed by atoms with Gasteiger partial charge in [0, 0.05) is 28.3 Å². The fraction of sp³-hybridized carbons (Fsp3) is 0.364. The van der Waals surface area contributed by atoms with Crippen LogP contribution in [-0.4, -0.2) is 25.7 Å². The molecule has 0 saturated heterocycles. The SMILES string of the molecule is Cc1cc(C)nc(-n2nc(C)c(CC(=O)Nc3ccccc3C(C)C)c2C)n1. The normalized spacial score (nSPS) is 11.1. The van der Waals surface area contributed by atoms with Crippen molar-refractivity contribution < 1.29 is 4.79 Å². The first-order valence-corrected chi connectivity index (χ1v) is 9.52. The van der Waals surface area contributed by atoms with E-state index in [9.17, 15) is 4.79 Å². The molecule has 0 radical (unpaired) electrons. The molecule has 3 rings (SSSR count). The largest absolute Gasteiger partial charge is 0.326 e. The quantitative estimate of drug-likeness (QED) is 0.723. The van der Waals surface area contributed by atoms with Crippen molar-refractivity contribution in [2.75, 3.05) is 5.32 Å². The van der Waals surface area contributed by atoms with E-state index in [1.165, 1.54) is 0 Å². The average Bonchev–Trinajstić information content (AvgIpc) is 2.89. The number of benzene rings is 1. The summed E-state index contributed by atoms with van der Waals surface area (Å²) < 4.78 is 1.72. The molecule has 1 N–H and O–H groups in total. The summed E-state index contributed by atoms with van der Waals surface area (Å²) in [4.78, 5) is 21.7. The second kappa shape index (κ2) is 7.92. The van der Waals surface area contributed by atoms with Gasteiger partial charge in [0.15, 0.2) is 0 Å². The first-order valence-electron chi connectivity index (χ1n) is 9.52. The molecule has 0 aliphatic carbocycles. The molecule has 28 heavy (non-hydrogen) atoms. The molecule has 0 fully saturated rings. The third kappa shape index (κ3) is 4.11. The van der Waals surface area contributed by atoms with Crippen LogP contribution in [0.25, 0.3) is 5.95 Å². The monoisotopic (exact) mass is 377 g/mol. The fourth-order valence-electron chi connectivity index (χ4n) is 3.40. The molecule has 0 spiro atoms. The van der Waals surface area contributed by atoms with Gasteiger partial charge in [-0.05, 0) is 51.3 Å². The molecule has 1 amide bonds. The molecule has 6 nitrogen and oxygen atoms in total. The summed E-state index contributed by atoms with van der Waals surface area (Å²) in [6.45, 7) is 12.0. The highest BCUT2D eigenvalue weighted by Crippen LogP contribution is 2.24. The smallest absolute Gasteiger partial charge is 0.251 e. The summed E-state index contributed by atoms with van der Waals surface area (Å²) in [7, 11) is 0. The molecule has 2 aromatic heterocycles. The number of hydrogen-bond acceptors (Lipinski definition) is 4. The van der Waals surface area contributed by atoms with Gasteiger partial charge in [-0.25, -0.2) is 14.6 Å². The van der Waals surface area contributed by atoms with E-state index < -0.39 is 0 Å². The van der Waals surface area contributed by atoms with Gasteiger partial charge in [0.1, 0.15) is 0 Å². The van der Waals surface area contributed by atoms with Crippen molar-refractivity contribution in [2.45, 2.75) is 53.9 Å². The van der Waals surface area contributed by atoms with E-state index in [0.717, 1.165) is 39.6 Å². The molecule has 0 atom stereocenters. The van der Waals surface area contributed by atoms with Crippen LogP contribution in [0.4, 0.5) is 5.69 Å². The minimum Gasteiger partial charge on any atom is -0.326 e. The number of aryl methyl sites for hydroxylation is 3. The molecule has 3 aromatic rings. The Balaban J connectivity index is 1.86. The number of aromatic nitrogens is 4. The van der Waals surface area contributed by atoms with Gasteiger partial charge >= 0.3 is 0 Å². The Kier molecular flexibility index (Phi) is 5.58. The molecule has 0 aliphatic rings. The van der Waals surface area contributed by atoms with Gasteiger partial charge in [-0.2, -0.15) is 5.10 Å². The van der Waals surface area contributed by atoms with Gasteiger partial charge in [0.2, 0.25) is 5.91 Å². The number of anilines is 1. The van der Waals surface area contributed by atoms with Crippen LogP contribution in [0.5, 0.6) is 0 Å².